The number of benzene rings is 2. The molecule has 1 amide bonds. The molecule has 0 saturated carbocycles. The molecule has 7 heteroatoms. The van der Waals surface area contributed by atoms with E-state index in [4.69, 9.17) is 4.74 Å². The number of ether oxygens (including phenoxy) is 1. The SMILES string of the molecule is CC1CN(CC2CCCN2C(=O)c2nn(Cc3ccccc3)c(=O)c3ccccc23)CC(C)O1. The minimum absolute atomic E-state index is 0.0881. The average molecular weight is 461 g/mol. The van der Waals surface area contributed by atoms with E-state index in [0.29, 0.717) is 29.6 Å². The van der Waals surface area contributed by atoms with Gasteiger partial charge in [0.15, 0.2) is 5.69 Å². The molecule has 3 unspecified atom stereocenters. The first-order valence-electron chi connectivity index (χ1n) is 12.2. The molecule has 2 fully saturated rings. The van der Waals surface area contributed by atoms with Gasteiger partial charge < -0.3 is 9.64 Å². The zero-order valence-corrected chi connectivity index (χ0v) is 19.9. The molecule has 0 spiro atoms. The summed E-state index contributed by atoms with van der Waals surface area (Å²) < 4.78 is 7.31. The second-order valence-electron chi connectivity index (χ2n) is 9.61. The maximum Gasteiger partial charge on any atom is 0.275 e. The van der Waals surface area contributed by atoms with Crippen molar-refractivity contribution in [3.63, 3.8) is 0 Å². The predicted molar refractivity (Wildman–Crippen MR) is 132 cm³/mol. The van der Waals surface area contributed by atoms with Crippen LogP contribution in [0.5, 0.6) is 0 Å². The van der Waals surface area contributed by atoms with E-state index < -0.39 is 0 Å². The highest BCUT2D eigenvalue weighted by molar-refractivity contribution is 6.05. The molecular weight excluding hydrogens is 428 g/mol. The number of hydrogen-bond donors (Lipinski definition) is 0. The van der Waals surface area contributed by atoms with Gasteiger partial charge in [0.2, 0.25) is 0 Å². The summed E-state index contributed by atoms with van der Waals surface area (Å²) in [6.07, 6.45) is 2.35. The Balaban J connectivity index is 1.46. The summed E-state index contributed by atoms with van der Waals surface area (Å²) in [5.74, 6) is -0.0881. The first-order chi connectivity index (χ1) is 16.5. The summed E-state index contributed by atoms with van der Waals surface area (Å²) in [6.45, 7) is 7.85. The molecule has 3 heterocycles. The number of carbonyl (C=O) groups excluding carboxylic acids is 1. The number of fused-ring (bicyclic) bond motifs is 1. The zero-order chi connectivity index (χ0) is 23.7. The summed E-state index contributed by atoms with van der Waals surface area (Å²) >= 11 is 0. The molecule has 2 aliphatic heterocycles. The van der Waals surface area contributed by atoms with Crippen LogP contribution in [0.2, 0.25) is 0 Å². The van der Waals surface area contributed by atoms with Crippen LogP contribution in [0.15, 0.2) is 59.4 Å². The number of nitrogens with zero attached hydrogens (tertiary/aromatic N) is 4. The van der Waals surface area contributed by atoms with Crippen LogP contribution in [0.1, 0.15) is 42.7 Å². The number of amides is 1. The van der Waals surface area contributed by atoms with Crippen LogP contribution in [-0.2, 0) is 11.3 Å². The van der Waals surface area contributed by atoms with Crippen LogP contribution in [0.25, 0.3) is 10.8 Å². The molecule has 178 valence electrons. The highest BCUT2D eigenvalue weighted by atomic mass is 16.5. The number of morpholine rings is 1. The lowest BCUT2D eigenvalue weighted by Gasteiger charge is -2.38. The highest BCUT2D eigenvalue weighted by Crippen LogP contribution is 2.24. The van der Waals surface area contributed by atoms with Crippen molar-refractivity contribution in [1.29, 1.82) is 0 Å². The monoisotopic (exact) mass is 460 g/mol. The Morgan fingerprint density at radius 1 is 1.00 bits per heavy atom. The summed E-state index contributed by atoms with van der Waals surface area (Å²) in [5, 5.41) is 5.78. The third-order valence-electron chi connectivity index (χ3n) is 6.85. The topological polar surface area (TPSA) is 67.7 Å². The van der Waals surface area contributed by atoms with Gasteiger partial charge in [0.1, 0.15) is 0 Å². The van der Waals surface area contributed by atoms with E-state index in [2.05, 4.69) is 23.8 Å². The molecule has 7 nitrogen and oxygen atoms in total. The van der Waals surface area contributed by atoms with Crippen LogP contribution in [0.3, 0.4) is 0 Å². The third-order valence-corrected chi connectivity index (χ3v) is 6.85. The molecule has 0 radical (unpaired) electrons. The zero-order valence-electron chi connectivity index (χ0n) is 19.9. The summed E-state index contributed by atoms with van der Waals surface area (Å²) in [4.78, 5) is 31.4. The van der Waals surface area contributed by atoms with Crippen LogP contribution < -0.4 is 5.56 Å². The van der Waals surface area contributed by atoms with Gasteiger partial charge in [0.05, 0.1) is 24.1 Å². The van der Waals surface area contributed by atoms with Crippen molar-refractivity contribution in [3.05, 3.63) is 76.2 Å². The highest BCUT2D eigenvalue weighted by Gasteiger charge is 2.34. The van der Waals surface area contributed by atoms with Gasteiger partial charge in [-0.2, -0.15) is 5.10 Å². The Bertz CT molecular complexity index is 1220. The first kappa shape index (κ1) is 22.7. The smallest absolute Gasteiger partial charge is 0.275 e. The van der Waals surface area contributed by atoms with E-state index in [0.717, 1.165) is 38.0 Å². The molecule has 1 aromatic heterocycles. The van der Waals surface area contributed by atoms with E-state index in [1.54, 1.807) is 6.07 Å². The molecule has 0 bridgehead atoms. The summed E-state index contributed by atoms with van der Waals surface area (Å²) in [5.41, 5.74) is 1.16. The Kier molecular flexibility index (Phi) is 6.48. The van der Waals surface area contributed by atoms with Gasteiger partial charge in [-0.05, 0) is 38.3 Å². The Hall–Kier alpha value is -3.03. The quantitative estimate of drug-likeness (QED) is 0.585. The van der Waals surface area contributed by atoms with Gasteiger partial charge in [0.25, 0.3) is 11.5 Å². The molecular formula is C27H32N4O3. The van der Waals surface area contributed by atoms with Crippen LogP contribution in [0, 0.1) is 0 Å². The van der Waals surface area contributed by atoms with Crippen molar-refractivity contribution in [1.82, 2.24) is 19.6 Å². The van der Waals surface area contributed by atoms with Crippen molar-refractivity contribution >= 4 is 16.7 Å². The van der Waals surface area contributed by atoms with Crippen molar-refractivity contribution in [2.45, 2.75) is 51.5 Å². The maximum atomic E-state index is 13.9. The number of carbonyl (C=O) groups is 1. The van der Waals surface area contributed by atoms with Gasteiger partial charge in [0, 0.05) is 37.6 Å². The van der Waals surface area contributed by atoms with Crippen molar-refractivity contribution < 1.29 is 9.53 Å². The molecule has 0 aliphatic carbocycles. The van der Waals surface area contributed by atoms with Gasteiger partial charge in [-0.25, -0.2) is 4.68 Å². The van der Waals surface area contributed by atoms with E-state index >= 15 is 0 Å². The van der Waals surface area contributed by atoms with Gasteiger partial charge >= 0.3 is 0 Å². The van der Waals surface area contributed by atoms with Gasteiger partial charge in [-0.15, -0.1) is 0 Å². The lowest BCUT2D eigenvalue weighted by molar-refractivity contribution is -0.0715. The fourth-order valence-corrected chi connectivity index (χ4v) is 5.42. The Morgan fingerprint density at radius 3 is 2.41 bits per heavy atom. The Labute approximate surface area is 199 Å². The molecule has 2 aliphatic rings. The number of likely N-dealkylation sites (tertiary alicyclic amines) is 1. The standard InChI is InChI=1S/C27H32N4O3/c1-19-15-29(16-20(2)34-19)18-22-11-8-14-30(22)27(33)25-23-12-6-7-13-24(23)26(32)31(28-25)17-21-9-4-3-5-10-21/h3-7,9-10,12-13,19-20,22H,8,11,14-18H2,1-2H3. The van der Waals surface area contributed by atoms with E-state index in [1.165, 1.54) is 4.68 Å². The fraction of sp³-hybridized carbons (Fsp3) is 0.444. The van der Waals surface area contributed by atoms with Crippen LogP contribution >= 0.6 is 0 Å². The van der Waals surface area contributed by atoms with E-state index in [1.807, 2.05) is 53.4 Å². The normalized spacial score (nSPS) is 23.5. The van der Waals surface area contributed by atoms with E-state index in [-0.39, 0.29) is 29.7 Å². The van der Waals surface area contributed by atoms with E-state index in [9.17, 15) is 9.59 Å². The largest absolute Gasteiger partial charge is 0.373 e. The fourth-order valence-electron chi connectivity index (χ4n) is 5.42. The molecule has 2 aromatic carbocycles. The summed E-state index contributed by atoms with van der Waals surface area (Å²) in [6, 6.07) is 17.2. The molecule has 3 atom stereocenters. The minimum atomic E-state index is -0.176. The first-order valence-corrected chi connectivity index (χ1v) is 12.2. The molecule has 2 saturated heterocycles. The van der Waals surface area contributed by atoms with Gasteiger partial charge in [-0.3, -0.25) is 14.5 Å². The maximum absolute atomic E-state index is 13.9. The number of rotatable bonds is 5. The summed E-state index contributed by atoms with van der Waals surface area (Å²) in [7, 11) is 0. The predicted octanol–water partition coefficient (Wildman–Crippen LogP) is 3.16. The van der Waals surface area contributed by atoms with Crippen molar-refractivity contribution in [3.8, 4) is 0 Å². The minimum Gasteiger partial charge on any atom is -0.373 e. The van der Waals surface area contributed by atoms with Crippen LogP contribution in [-0.4, -0.2) is 69.9 Å². The number of aromatic nitrogens is 2. The molecule has 3 aromatic rings. The van der Waals surface area contributed by atoms with Crippen LogP contribution in [0.4, 0.5) is 0 Å². The number of hydrogen-bond acceptors (Lipinski definition) is 5. The molecule has 34 heavy (non-hydrogen) atoms. The van der Waals surface area contributed by atoms with Crippen molar-refractivity contribution in [2.24, 2.45) is 0 Å². The average Bonchev–Trinajstić information content (AvgIpc) is 3.28. The van der Waals surface area contributed by atoms with Gasteiger partial charge in [-0.1, -0.05) is 48.5 Å². The lowest BCUT2D eigenvalue weighted by atomic mass is 10.1. The Morgan fingerprint density at radius 2 is 1.68 bits per heavy atom. The second kappa shape index (κ2) is 9.68. The van der Waals surface area contributed by atoms with Crippen molar-refractivity contribution in [2.75, 3.05) is 26.2 Å². The molecule has 5 rings (SSSR count). The lowest BCUT2D eigenvalue weighted by Crippen LogP contribution is -2.51. The third kappa shape index (κ3) is 4.63. The molecule has 0 N–H and O–H groups in total. The second-order valence-corrected chi connectivity index (χ2v) is 9.61.